The number of nitrogens with one attached hydrogen (secondary N) is 3. The minimum absolute atomic E-state index is 0.00196. The average molecular weight is 317 g/mol. The van der Waals surface area contributed by atoms with Crippen LogP contribution in [0.5, 0.6) is 0 Å². The van der Waals surface area contributed by atoms with Gasteiger partial charge < -0.3 is 10.6 Å². The van der Waals surface area contributed by atoms with Crippen LogP contribution in [0.2, 0.25) is 0 Å². The highest BCUT2D eigenvalue weighted by molar-refractivity contribution is 7.90. The van der Waals surface area contributed by atoms with Crippen LogP contribution in [0.1, 0.15) is 45.4 Å². The number of rotatable bonds is 5. The van der Waals surface area contributed by atoms with Gasteiger partial charge in [0.2, 0.25) is 15.9 Å². The van der Waals surface area contributed by atoms with Crippen molar-refractivity contribution in [3.05, 3.63) is 0 Å². The number of hydrogen-bond acceptors (Lipinski definition) is 4. The first-order chi connectivity index (χ1) is 9.94. The normalized spacial score (nSPS) is 28.2. The molecule has 0 bridgehead atoms. The lowest BCUT2D eigenvalue weighted by molar-refractivity contribution is -0.119. The first-order valence-corrected chi connectivity index (χ1v) is 9.60. The SMILES string of the molecule is CC1CCC(NS(=O)(=O)CC(=O)NC2CCNCC2)CC1. The van der Waals surface area contributed by atoms with Crippen LogP contribution in [0, 0.1) is 5.92 Å². The fourth-order valence-corrected chi connectivity index (χ4v) is 4.34. The van der Waals surface area contributed by atoms with Crippen LogP contribution in [-0.4, -0.2) is 45.3 Å². The van der Waals surface area contributed by atoms with Crippen molar-refractivity contribution in [1.29, 1.82) is 0 Å². The Bertz CT molecular complexity index is 438. The molecule has 0 aromatic heterocycles. The molecule has 0 aromatic rings. The summed E-state index contributed by atoms with van der Waals surface area (Å²) in [5.41, 5.74) is 0. The first-order valence-electron chi connectivity index (χ1n) is 7.95. The summed E-state index contributed by atoms with van der Waals surface area (Å²) in [6.07, 6.45) is 5.56. The zero-order valence-corrected chi connectivity index (χ0v) is 13.5. The molecular formula is C14H27N3O3S. The molecule has 21 heavy (non-hydrogen) atoms. The molecule has 0 radical (unpaired) electrons. The zero-order chi connectivity index (χ0) is 15.3. The van der Waals surface area contributed by atoms with Crippen LogP contribution in [0.15, 0.2) is 0 Å². The van der Waals surface area contributed by atoms with Gasteiger partial charge in [0.05, 0.1) is 0 Å². The van der Waals surface area contributed by atoms with Crippen LogP contribution >= 0.6 is 0 Å². The van der Waals surface area contributed by atoms with Crippen LogP contribution < -0.4 is 15.4 Å². The van der Waals surface area contributed by atoms with Crippen LogP contribution in [0.3, 0.4) is 0 Å². The van der Waals surface area contributed by atoms with Gasteiger partial charge in [-0.2, -0.15) is 0 Å². The summed E-state index contributed by atoms with van der Waals surface area (Å²) in [5, 5.41) is 6.03. The van der Waals surface area contributed by atoms with Gasteiger partial charge >= 0.3 is 0 Å². The van der Waals surface area contributed by atoms with Crippen molar-refractivity contribution < 1.29 is 13.2 Å². The molecule has 1 aliphatic heterocycles. The Balaban J connectivity index is 1.75. The molecule has 1 saturated heterocycles. The molecule has 122 valence electrons. The summed E-state index contributed by atoms with van der Waals surface area (Å²) < 4.78 is 26.8. The maximum absolute atomic E-state index is 12.0. The maximum atomic E-state index is 12.0. The van der Waals surface area contributed by atoms with Gasteiger partial charge in [-0.25, -0.2) is 13.1 Å². The lowest BCUT2D eigenvalue weighted by atomic mass is 9.88. The second-order valence-corrected chi connectivity index (χ2v) is 8.18. The fraction of sp³-hybridized carbons (Fsp3) is 0.929. The van der Waals surface area contributed by atoms with E-state index in [0.717, 1.165) is 51.6 Å². The minimum Gasteiger partial charge on any atom is -0.352 e. The summed E-state index contributed by atoms with van der Waals surface area (Å²) in [6, 6.07) is 0.0994. The van der Waals surface area contributed by atoms with Crippen molar-refractivity contribution in [2.45, 2.75) is 57.5 Å². The van der Waals surface area contributed by atoms with E-state index in [1.54, 1.807) is 0 Å². The number of hydrogen-bond donors (Lipinski definition) is 3. The molecule has 2 fully saturated rings. The van der Waals surface area contributed by atoms with Gasteiger partial charge in [-0.3, -0.25) is 4.79 Å². The van der Waals surface area contributed by atoms with E-state index in [0.29, 0.717) is 5.92 Å². The largest absolute Gasteiger partial charge is 0.352 e. The molecule has 1 saturated carbocycles. The van der Waals surface area contributed by atoms with E-state index >= 15 is 0 Å². The summed E-state index contributed by atoms with van der Waals surface area (Å²) in [6.45, 7) is 3.93. The predicted octanol–water partition coefficient (Wildman–Crippen LogP) is 0.353. The van der Waals surface area contributed by atoms with Crippen molar-refractivity contribution in [2.24, 2.45) is 5.92 Å². The molecule has 1 aliphatic carbocycles. The standard InChI is InChI=1S/C14H27N3O3S/c1-11-2-4-13(5-3-11)17-21(19,20)10-14(18)16-12-6-8-15-9-7-12/h11-13,15,17H,2-10H2,1H3,(H,16,18). The van der Waals surface area contributed by atoms with Gasteiger partial charge in [0, 0.05) is 12.1 Å². The quantitative estimate of drug-likeness (QED) is 0.683. The van der Waals surface area contributed by atoms with Crippen molar-refractivity contribution >= 4 is 15.9 Å². The molecule has 3 N–H and O–H groups in total. The van der Waals surface area contributed by atoms with E-state index < -0.39 is 21.7 Å². The Morgan fingerprint density at radius 1 is 1.05 bits per heavy atom. The Hall–Kier alpha value is -0.660. The van der Waals surface area contributed by atoms with Crippen molar-refractivity contribution in [3.8, 4) is 0 Å². The molecule has 6 nitrogen and oxygen atoms in total. The van der Waals surface area contributed by atoms with Crippen molar-refractivity contribution in [1.82, 2.24) is 15.4 Å². The van der Waals surface area contributed by atoms with Crippen LogP contribution in [-0.2, 0) is 14.8 Å². The summed E-state index contributed by atoms with van der Waals surface area (Å²) in [4.78, 5) is 11.9. The minimum atomic E-state index is -3.53. The third-order valence-electron chi connectivity index (χ3n) is 4.39. The summed E-state index contributed by atoms with van der Waals surface area (Å²) >= 11 is 0. The van der Waals surface area contributed by atoms with E-state index in [4.69, 9.17) is 0 Å². The second-order valence-electron chi connectivity index (χ2n) is 6.43. The highest BCUT2D eigenvalue weighted by Gasteiger charge is 2.25. The lowest BCUT2D eigenvalue weighted by Gasteiger charge is -2.27. The van der Waals surface area contributed by atoms with Gasteiger partial charge in [0.15, 0.2) is 0 Å². The maximum Gasteiger partial charge on any atom is 0.236 e. The van der Waals surface area contributed by atoms with Crippen molar-refractivity contribution in [3.63, 3.8) is 0 Å². The average Bonchev–Trinajstić information content (AvgIpc) is 2.41. The Labute approximate surface area is 127 Å². The zero-order valence-electron chi connectivity index (χ0n) is 12.7. The Kier molecular flexibility index (Phi) is 6.01. The van der Waals surface area contributed by atoms with Crippen molar-refractivity contribution in [2.75, 3.05) is 18.8 Å². The van der Waals surface area contributed by atoms with E-state index in [2.05, 4.69) is 22.3 Å². The van der Waals surface area contributed by atoms with Gasteiger partial charge in [-0.1, -0.05) is 6.92 Å². The molecule has 0 aromatic carbocycles. The van der Waals surface area contributed by atoms with Crippen LogP contribution in [0.25, 0.3) is 0 Å². The van der Waals surface area contributed by atoms with Gasteiger partial charge in [0.1, 0.15) is 5.75 Å². The smallest absolute Gasteiger partial charge is 0.236 e. The van der Waals surface area contributed by atoms with E-state index in [1.807, 2.05) is 0 Å². The highest BCUT2D eigenvalue weighted by atomic mass is 32.2. The first kappa shape index (κ1) is 16.7. The number of carbonyl (C=O) groups excluding carboxylic acids is 1. The molecule has 0 atom stereocenters. The molecule has 7 heteroatoms. The molecule has 2 aliphatic rings. The van der Waals surface area contributed by atoms with E-state index in [9.17, 15) is 13.2 Å². The molecule has 0 spiro atoms. The monoisotopic (exact) mass is 317 g/mol. The third kappa shape index (κ3) is 5.92. The molecule has 1 amide bonds. The number of sulfonamides is 1. The van der Waals surface area contributed by atoms with Gasteiger partial charge in [-0.05, 0) is 57.5 Å². The molecular weight excluding hydrogens is 290 g/mol. The second kappa shape index (κ2) is 7.56. The molecule has 2 rings (SSSR count). The number of amides is 1. The summed E-state index contributed by atoms with van der Waals surface area (Å²) in [5.74, 6) is -0.171. The van der Waals surface area contributed by atoms with E-state index in [-0.39, 0.29) is 12.1 Å². The fourth-order valence-electron chi connectivity index (χ4n) is 3.08. The lowest BCUT2D eigenvalue weighted by Crippen LogP contribution is -2.47. The van der Waals surface area contributed by atoms with Crippen LogP contribution in [0.4, 0.5) is 0 Å². The van der Waals surface area contributed by atoms with Gasteiger partial charge in [-0.15, -0.1) is 0 Å². The van der Waals surface area contributed by atoms with E-state index in [1.165, 1.54) is 0 Å². The Morgan fingerprint density at radius 3 is 2.29 bits per heavy atom. The number of piperidine rings is 1. The highest BCUT2D eigenvalue weighted by Crippen LogP contribution is 2.23. The summed E-state index contributed by atoms with van der Waals surface area (Å²) in [7, 11) is -3.53. The van der Waals surface area contributed by atoms with Gasteiger partial charge in [0.25, 0.3) is 0 Å². The third-order valence-corrected chi connectivity index (χ3v) is 5.72. The topological polar surface area (TPSA) is 87.3 Å². The number of carbonyl (C=O) groups is 1. The molecule has 0 unspecified atom stereocenters. The Morgan fingerprint density at radius 2 is 1.67 bits per heavy atom. The molecule has 1 heterocycles. The predicted molar refractivity (Wildman–Crippen MR) is 82.4 cm³/mol.